The van der Waals surface area contributed by atoms with Gasteiger partial charge in [0.2, 0.25) is 0 Å². The van der Waals surface area contributed by atoms with Gasteiger partial charge in [0.05, 0.1) is 7.11 Å². The summed E-state index contributed by atoms with van der Waals surface area (Å²) >= 11 is 0. The summed E-state index contributed by atoms with van der Waals surface area (Å²) < 4.78 is 10.4. The first-order chi connectivity index (χ1) is 10.1. The van der Waals surface area contributed by atoms with Gasteiger partial charge in [0, 0.05) is 0 Å². The minimum atomic E-state index is -0.555. The maximum atomic E-state index is 11.5. The number of benzene rings is 2. The van der Waals surface area contributed by atoms with Gasteiger partial charge in [-0.3, -0.25) is 0 Å². The third kappa shape index (κ3) is 3.85. The summed E-state index contributed by atoms with van der Waals surface area (Å²) in [4.78, 5) is 11.5. The van der Waals surface area contributed by atoms with E-state index in [1.54, 1.807) is 0 Å². The summed E-state index contributed by atoms with van der Waals surface area (Å²) in [5.74, 6) is 0.322. The van der Waals surface area contributed by atoms with Gasteiger partial charge in [0.15, 0.2) is 6.10 Å². The van der Waals surface area contributed by atoms with E-state index in [2.05, 4.69) is 31.2 Å². The SMILES string of the molecule is CCC(Oc1ccc(-c2ccc(C)cc2)cc1)C(=O)OC. The van der Waals surface area contributed by atoms with Crippen molar-refractivity contribution in [3.05, 3.63) is 54.1 Å². The van der Waals surface area contributed by atoms with Crippen LogP contribution in [0.15, 0.2) is 48.5 Å². The highest BCUT2D eigenvalue weighted by molar-refractivity contribution is 5.75. The maximum absolute atomic E-state index is 11.5. The fourth-order valence-corrected chi connectivity index (χ4v) is 2.07. The molecule has 0 bridgehead atoms. The molecule has 21 heavy (non-hydrogen) atoms. The van der Waals surface area contributed by atoms with E-state index in [1.807, 2.05) is 31.2 Å². The smallest absolute Gasteiger partial charge is 0.347 e. The molecule has 0 heterocycles. The predicted octanol–water partition coefficient (Wildman–Crippen LogP) is 3.99. The first-order valence-corrected chi connectivity index (χ1v) is 7.05. The summed E-state index contributed by atoms with van der Waals surface area (Å²) in [6.45, 7) is 3.96. The first-order valence-electron chi connectivity index (χ1n) is 7.05. The van der Waals surface area contributed by atoms with Crippen LogP contribution in [0.3, 0.4) is 0 Å². The van der Waals surface area contributed by atoms with E-state index in [0.717, 1.165) is 11.1 Å². The number of rotatable bonds is 5. The molecule has 3 heteroatoms. The van der Waals surface area contributed by atoms with Gasteiger partial charge in [-0.2, -0.15) is 0 Å². The van der Waals surface area contributed by atoms with E-state index in [9.17, 15) is 4.79 Å². The molecule has 0 saturated carbocycles. The van der Waals surface area contributed by atoms with Gasteiger partial charge < -0.3 is 9.47 Å². The summed E-state index contributed by atoms with van der Waals surface area (Å²) in [6, 6.07) is 16.1. The molecule has 0 aromatic heterocycles. The van der Waals surface area contributed by atoms with E-state index in [-0.39, 0.29) is 5.97 Å². The molecule has 0 spiro atoms. The van der Waals surface area contributed by atoms with Gasteiger partial charge in [-0.05, 0) is 36.6 Å². The van der Waals surface area contributed by atoms with Crippen LogP contribution in [0.5, 0.6) is 5.75 Å². The molecule has 2 aromatic carbocycles. The van der Waals surface area contributed by atoms with Gasteiger partial charge in [-0.15, -0.1) is 0 Å². The zero-order valence-corrected chi connectivity index (χ0v) is 12.6. The number of carbonyl (C=O) groups excluding carboxylic acids is 1. The number of hydrogen-bond donors (Lipinski definition) is 0. The lowest BCUT2D eigenvalue weighted by Gasteiger charge is -2.15. The fourth-order valence-electron chi connectivity index (χ4n) is 2.07. The normalized spacial score (nSPS) is 11.8. The Morgan fingerprint density at radius 1 is 1.00 bits per heavy atom. The van der Waals surface area contributed by atoms with E-state index >= 15 is 0 Å². The van der Waals surface area contributed by atoms with Crippen molar-refractivity contribution in [1.29, 1.82) is 0 Å². The lowest BCUT2D eigenvalue weighted by atomic mass is 10.0. The second-order valence-electron chi connectivity index (χ2n) is 4.93. The topological polar surface area (TPSA) is 35.5 Å². The zero-order chi connectivity index (χ0) is 15.2. The van der Waals surface area contributed by atoms with Crippen LogP contribution in [0.2, 0.25) is 0 Å². The maximum Gasteiger partial charge on any atom is 0.347 e. The van der Waals surface area contributed by atoms with Crippen molar-refractivity contribution < 1.29 is 14.3 Å². The molecule has 0 aliphatic heterocycles. The molecule has 0 radical (unpaired) electrons. The quantitative estimate of drug-likeness (QED) is 0.779. The Morgan fingerprint density at radius 2 is 1.52 bits per heavy atom. The molecular formula is C18H20O3. The number of hydrogen-bond acceptors (Lipinski definition) is 3. The number of carbonyl (C=O) groups is 1. The molecule has 2 aromatic rings. The van der Waals surface area contributed by atoms with Crippen molar-refractivity contribution >= 4 is 5.97 Å². The molecule has 1 atom stereocenters. The Labute approximate surface area is 125 Å². The Hall–Kier alpha value is -2.29. The molecule has 0 aliphatic carbocycles. The van der Waals surface area contributed by atoms with Crippen LogP contribution < -0.4 is 4.74 Å². The molecule has 3 nitrogen and oxygen atoms in total. The molecule has 0 saturated heterocycles. The highest BCUT2D eigenvalue weighted by Crippen LogP contribution is 2.23. The summed E-state index contributed by atoms with van der Waals surface area (Å²) in [5, 5.41) is 0. The van der Waals surface area contributed by atoms with Crippen molar-refractivity contribution in [2.24, 2.45) is 0 Å². The zero-order valence-electron chi connectivity index (χ0n) is 12.6. The largest absolute Gasteiger partial charge is 0.479 e. The number of aryl methyl sites for hydroxylation is 1. The van der Waals surface area contributed by atoms with Crippen molar-refractivity contribution in [3.8, 4) is 16.9 Å². The van der Waals surface area contributed by atoms with Crippen LogP contribution in [0.1, 0.15) is 18.9 Å². The van der Waals surface area contributed by atoms with Crippen LogP contribution >= 0.6 is 0 Å². The van der Waals surface area contributed by atoms with Gasteiger partial charge in [0.1, 0.15) is 5.75 Å². The molecule has 0 amide bonds. The van der Waals surface area contributed by atoms with Gasteiger partial charge in [-0.1, -0.05) is 48.9 Å². The lowest BCUT2D eigenvalue weighted by Crippen LogP contribution is -2.27. The van der Waals surface area contributed by atoms with E-state index in [0.29, 0.717) is 12.2 Å². The highest BCUT2D eigenvalue weighted by atomic mass is 16.6. The third-order valence-corrected chi connectivity index (χ3v) is 3.35. The molecule has 110 valence electrons. The number of methoxy groups -OCH3 is 1. The Kier molecular flexibility index (Phi) is 4.99. The van der Waals surface area contributed by atoms with E-state index in [4.69, 9.17) is 9.47 Å². The van der Waals surface area contributed by atoms with Crippen molar-refractivity contribution in [2.45, 2.75) is 26.4 Å². The Morgan fingerprint density at radius 3 is 2.00 bits per heavy atom. The molecule has 0 aliphatic rings. The Bertz CT molecular complexity index is 585. The summed E-state index contributed by atoms with van der Waals surface area (Å²) in [5.41, 5.74) is 3.52. The highest BCUT2D eigenvalue weighted by Gasteiger charge is 2.18. The average Bonchev–Trinajstić information content (AvgIpc) is 2.53. The minimum absolute atomic E-state index is 0.347. The van der Waals surface area contributed by atoms with Gasteiger partial charge >= 0.3 is 5.97 Å². The molecular weight excluding hydrogens is 264 g/mol. The monoisotopic (exact) mass is 284 g/mol. The molecule has 0 N–H and O–H groups in total. The average molecular weight is 284 g/mol. The van der Waals surface area contributed by atoms with Gasteiger partial charge in [-0.25, -0.2) is 4.79 Å². The second-order valence-corrected chi connectivity index (χ2v) is 4.93. The van der Waals surface area contributed by atoms with Crippen molar-refractivity contribution in [2.75, 3.05) is 7.11 Å². The number of ether oxygens (including phenoxy) is 2. The van der Waals surface area contributed by atoms with E-state index in [1.165, 1.54) is 12.7 Å². The van der Waals surface area contributed by atoms with Gasteiger partial charge in [0.25, 0.3) is 0 Å². The molecule has 1 unspecified atom stereocenters. The van der Waals surface area contributed by atoms with Crippen LogP contribution in [0.4, 0.5) is 0 Å². The Balaban J connectivity index is 2.11. The van der Waals surface area contributed by atoms with Crippen LogP contribution in [0.25, 0.3) is 11.1 Å². The van der Waals surface area contributed by atoms with Crippen LogP contribution in [-0.2, 0) is 9.53 Å². The minimum Gasteiger partial charge on any atom is -0.479 e. The number of esters is 1. The van der Waals surface area contributed by atoms with E-state index < -0.39 is 6.10 Å². The fraction of sp³-hybridized carbons (Fsp3) is 0.278. The first kappa shape index (κ1) is 15.1. The third-order valence-electron chi connectivity index (χ3n) is 3.35. The van der Waals surface area contributed by atoms with Crippen LogP contribution in [-0.4, -0.2) is 19.2 Å². The van der Waals surface area contributed by atoms with Crippen LogP contribution in [0, 0.1) is 6.92 Å². The predicted molar refractivity (Wildman–Crippen MR) is 83.3 cm³/mol. The lowest BCUT2D eigenvalue weighted by molar-refractivity contribution is -0.148. The van der Waals surface area contributed by atoms with Crippen molar-refractivity contribution in [3.63, 3.8) is 0 Å². The second kappa shape index (κ2) is 6.93. The summed E-state index contributed by atoms with van der Waals surface area (Å²) in [6.07, 6.45) is 0.0204. The van der Waals surface area contributed by atoms with Crippen molar-refractivity contribution in [1.82, 2.24) is 0 Å². The summed E-state index contributed by atoms with van der Waals surface area (Å²) in [7, 11) is 1.37. The molecule has 2 rings (SSSR count). The molecule has 0 fully saturated rings. The standard InChI is InChI=1S/C18H20O3/c1-4-17(18(19)20-3)21-16-11-9-15(10-12-16)14-7-5-13(2)6-8-14/h5-12,17H,4H2,1-3H3.